The fraction of sp³-hybridized carbons (Fsp3) is 0.500. The van der Waals surface area contributed by atoms with Gasteiger partial charge >= 0.3 is 0 Å². The molecule has 1 heterocycles. The standard InChI is InChI=1S/C28H33ClFN3O2S/c29-22-16-25-24(17-23(22)30)32-26(18-36(35)21-14-8-3-9-15-21)33(25)27(19-10-4-1-5-11-19)28(34)31-20-12-6-2-7-13-20/h3,8-9,14-17,19-20,27H,1-2,4-7,10-13,18H2,(H,31,34). The predicted molar refractivity (Wildman–Crippen MR) is 142 cm³/mol. The Bertz CT molecular complexity index is 1240. The molecule has 36 heavy (non-hydrogen) atoms. The highest BCUT2D eigenvalue weighted by Crippen LogP contribution is 2.38. The minimum atomic E-state index is -1.36. The maximum Gasteiger partial charge on any atom is 0.243 e. The SMILES string of the molecule is O=C(NC1CCCCC1)C(C1CCCCC1)n1c(CS(=O)c2ccccc2)nc2cc(F)c(Cl)cc21. The number of benzene rings is 2. The van der Waals surface area contributed by atoms with Crippen molar-refractivity contribution in [3.63, 3.8) is 0 Å². The van der Waals surface area contributed by atoms with E-state index in [0.29, 0.717) is 21.8 Å². The zero-order valence-corrected chi connectivity index (χ0v) is 22.0. The van der Waals surface area contributed by atoms with E-state index in [9.17, 15) is 13.4 Å². The zero-order valence-electron chi connectivity index (χ0n) is 20.4. The number of aromatic nitrogens is 2. The molecular formula is C28H33ClFN3O2S. The van der Waals surface area contributed by atoms with E-state index < -0.39 is 22.7 Å². The molecule has 1 N–H and O–H groups in total. The highest BCUT2D eigenvalue weighted by molar-refractivity contribution is 7.84. The molecule has 0 spiro atoms. The van der Waals surface area contributed by atoms with Gasteiger partial charge in [-0.25, -0.2) is 9.37 Å². The molecule has 2 unspecified atom stereocenters. The number of halogens is 2. The number of nitrogens with one attached hydrogen (secondary N) is 1. The van der Waals surface area contributed by atoms with Crippen molar-refractivity contribution in [2.75, 3.05) is 0 Å². The number of amides is 1. The van der Waals surface area contributed by atoms with Crippen LogP contribution in [0.1, 0.15) is 76.1 Å². The van der Waals surface area contributed by atoms with Gasteiger partial charge in [-0.2, -0.15) is 0 Å². The van der Waals surface area contributed by atoms with Gasteiger partial charge in [0.15, 0.2) is 0 Å². The van der Waals surface area contributed by atoms with Gasteiger partial charge in [-0.1, -0.05) is 68.3 Å². The summed E-state index contributed by atoms with van der Waals surface area (Å²) in [6, 6.07) is 11.8. The fourth-order valence-electron chi connectivity index (χ4n) is 5.85. The predicted octanol–water partition coefficient (Wildman–Crippen LogP) is 6.71. The Balaban J connectivity index is 1.58. The van der Waals surface area contributed by atoms with Gasteiger partial charge in [0, 0.05) is 17.0 Å². The average molecular weight is 530 g/mol. The topological polar surface area (TPSA) is 64.0 Å². The molecule has 3 aromatic rings. The molecule has 0 aliphatic heterocycles. The number of rotatable bonds is 7. The highest BCUT2D eigenvalue weighted by Gasteiger charge is 2.35. The largest absolute Gasteiger partial charge is 0.352 e. The first kappa shape index (κ1) is 25.4. The number of imidazole rings is 1. The Morgan fingerprint density at radius 1 is 1.06 bits per heavy atom. The van der Waals surface area contributed by atoms with Crippen LogP contribution in [-0.2, 0) is 21.3 Å². The minimum Gasteiger partial charge on any atom is -0.352 e. The third-order valence-corrected chi connectivity index (χ3v) is 9.27. The molecule has 8 heteroatoms. The first-order valence-corrected chi connectivity index (χ1v) is 14.8. The summed E-state index contributed by atoms with van der Waals surface area (Å²) in [6.07, 6.45) is 10.7. The maximum atomic E-state index is 14.4. The quantitative estimate of drug-likeness (QED) is 0.370. The van der Waals surface area contributed by atoms with Crippen LogP contribution in [0.5, 0.6) is 0 Å². The molecule has 2 fully saturated rings. The van der Waals surface area contributed by atoms with E-state index >= 15 is 0 Å². The Morgan fingerprint density at radius 3 is 2.42 bits per heavy atom. The zero-order chi connectivity index (χ0) is 25.1. The van der Waals surface area contributed by atoms with E-state index in [-0.39, 0.29) is 28.6 Å². The Labute approximate surface area is 219 Å². The second-order valence-corrected chi connectivity index (χ2v) is 12.0. The van der Waals surface area contributed by atoms with Crippen LogP contribution in [0, 0.1) is 11.7 Å². The van der Waals surface area contributed by atoms with Crippen molar-refractivity contribution in [3.8, 4) is 0 Å². The molecule has 1 amide bonds. The van der Waals surface area contributed by atoms with Gasteiger partial charge in [0.1, 0.15) is 17.7 Å². The summed E-state index contributed by atoms with van der Waals surface area (Å²) in [5.41, 5.74) is 1.05. The van der Waals surface area contributed by atoms with E-state index in [4.69, 9.17) is 16.6 Å². The van der Waals surface area contributed by atoms with Gasteiger partial charge in [-0.3, -0.25) is 9.00 Å². The Morgan fingerprint density at radius 2 is 1.72 bits per heavy atom. The molecular weight excluding hydrogens is 497 g/mol. The smallest absolute Gasteiger partial charge is 0.243 e. The fourth-order valence-corrected chi connectivity index (χ4v) is 7.07. The van der Waals surface area contributed by atoms with Crippen molar-refractivity contribution in [2.24, 2.45) is 5.92 Å². The van der Waals surface area contributed by atoms with Crippen molar-refractivity contribution in [2.45, 2.75) is 86.9 Å². The van der Waals surface area contributed by atoms with Crippen LogP contribution >= 0.6 is 11.6 Å². The Hall–Kier alpha value is -2.25. The number of fused-ring (bicyclic) bond motifs is 1. The van der Waals surface area contributed by atoms with Crippen LogP contribution in [0.4, 0.5) is 4.39 Å². The minimum absolute atomic E-state index is 0.00513. The average Bonchev–Trinajstić information content (AvgIpc) is 3.22. The van der Waals surface area contributed by atoms with Gasteiger partial charge in [0.05, 0.1) is 32.6 Å². The number of nitrogens with zero attached hydrogens (tertiary/aromatic N) is 2. The second kappa shape index (κ2) is 11.4. The van der Waals surface area contributed by atoms with E-state index in [0.717, 1.165) is 51.4 Å². The molecule has 2 aliphatic carbocycles. The number of carbonyl (C=O) groups is 1. The summed E-state index contributed by atoms with van der Waals surface area (Å²) in [4.78, 5) is 19.4. The van der Waals surface area contributed by atoms with Crippen LogP contribution in [0.15, 0.2) is 47.4 Å². The molecule has 2 aliphatic rings. The normalized spacial score (nSPS) is 19.3. The third kappa shape index (κ3) is 5.52. The maximum absolute atomic E-state index is 14.4. The summed E-state index contributed by atoms with van der Waals surface area (Å²) in [6.45, 7) is 0. The molecule has 5 rings (SSSR count). The lowest BCUT2D eigenvalue weighted by atomic mass is 9.83. The van der Waals surface area contributed by atoms with Crippen molar-refractivity contribution in [1.29, 1.82) is 0 Å². The van der Waals surface area contributed by atoms with Gasteiger partial charge in [-0.15, -0.1) is 0 Å². The number of carbonyl (C=O) groups excluding carboxylic acids is 1. The summed E-state index contributed by atoms with van der Waals surface area (Å²) in [7, 11) is -1.36. The second-order valence-electron chi connectivity index (χ2n) is 10.1. The van der Waals surface area contributed by atoms with Gasteiger partial charge in [0.2, 0.25) is 5.91 Å². The molecule has 0 bridgehead atoms. The van der Waals surface area contributed by atoms with Crippen LogP contribution < -0.4 is 5.32 Å². The number of hydrogen-bond donors (Lipinski definition) is 1. The van der Waals surface area contributed by atoms with Crippen LogP contribution in [-0.4, -0.2) is 25.7 Å². The molecule has 2 saturated carbocycles. The summed E-state index contributed by atoms with van der Waals surface area (Å²) in [5, 5.41) is 3.33. The summed E-state index contributed by atoms with van der Waals surface area (Å²) >= 11 is 6.22. The van der Waals surface area contributed by atoms with Gasteiger partial charge < -0.3 is 9.88 Å². The lowest BCUT2D eigenvalue weighted by Gasteiger charge is -2.33. The van der Waals surface area contributed by atoms with E-state index in [1.165, 1.54) is 18.9 Å². The monoisotopic (exact) mass is 529 g/mol. The molecule has 0 saturated heterocycles. The van der Waals surface area contributed by atoms with Crippen molar-refractivity contribution < 1.29 is 13.4 Å². The lowest BCUT2D eigenvalue weighted by molar-refractivity contribution is -0.127. The van der Waals surface area contributed by atoms with Crippen LogP contribution in [0.2, 0.25) is 5.02 Å². The van der Waals surface area contributed by atoms with Crippen LogP contribution in [0.25, 0.3) is 11.0 Å². The molecule has 2 atom stereocenters. The van der Waals surface area contributed by atoms with E-state index in [1.54, 1.807) is 6.07 Å². The first-order chi connectivity index (χ1) is 17.5. The van der Waals surface area contributed by atoms with Crippen LogP contribution in [0.3, 0.4) is 0 Å². The first-order valence-electron chi connectivity index (χ1n) is 13.1. The van der Waals surface area contributed by atoms with E-state index in [2.05, 4.69) is 5.32 Å². The van der Waals surface area contributed by atoms with Gasteiger partial charge in [-0.05, 0) is 49.8 Å². The van der Waals surface area contributed by atoms with Crippen molar-refractivity contribution in [1.82, 2.24) is 14.9 Å². The summed E-state index contributed by atoms with van der Waals surface area (Å²) < 4.78 is 29.7. The van der Waals surface area contributed by atoms with Crippen molar-refractivity contribution in [3.05, 3.63) is 59.1 Å². The Kier molecular flexibility index (Phi) is 8.06. The summed E-state index contributed by atoms with van der Waals surface area (Å²) in [5.74, 6) is 0.235. The third-order valence-electron chi connectivity index (χ3n) is 7.67. The number of hydrogen-bond acceptors (Lipinski definition) is 3. The lowest BCUT2D eigenvalue weighted by Crippen LogP contribution is -2.43. The molecule has 5 nitrogen and oxygen atoms in total. The molecule has 0 radical (unpaired) electrons. The van der Waals surface area contributed by atoms with Crippen molar-refractivity contribution >= 4 is 39.3 Å². The molecule has 192 valence electrons. The van der Waals surface area contributed by atoms with Gasteiger partial charge in [0.25, 0.3) is 0 Å². The highest BCUT2D eigenvalue weighted by atomic mass is 35.5. The molecule has 1 aromatic heterocycles. The molecule has 2 aromatic carbocycles. The van der Waals surface area contributed by atoms with E-state index in [1.807, 2.05) is 34.9 Å².